The lowest BCUT2D eigenvalue weighted by Crippen LogP contribution is -2.26. The van der Waals surface area contributed by atoms with Gasteiger partial charge in [-0.1, -0.05) is 6.92 Å². The van der Waals surface area contributed by atoms with E-state index in [1.54, 1.807) is 0 Å². The highest BCUT2D eigenvalue weighted by Gasteiger charge is 2.27. The summed E-state index contributed by atoms with van der Waals surface area (Å²) in [6.07, 6.45) is 1.21. The van der Waals surface area contributed by atoms with Gasteiger partial charge >= 0.3 is 0 Å². The van der Waals surface area contributed by atoms with Gasteiger partial charge in [0.05, 0.1) is 6.04 Å². The number of hydrazone groups is 1. The van der Waals surface area contributed by atoms with E-state index in [2.05, 4.69) is 30.9 Å². The first-order chi connectivity index (χ1) is 4.66. The number of hydrogen-bond acceptors (Lipinski definition) is 2. The van der Waals surface area contributed by atoms with Crippen LogP contribution in [0.25, 0.3) is 0 Å². The molecule has 1 aliphatic rings. The molecule has 0 bridgehead atoms. The van der Waals surface area contributed by atoms with Crippen LogP contribution in [0.3, 0.4) is 0 Å². The summed E-state index contributed by atoms with van der Waals surface area (Å²) in [5.74, 6) is 0.685. The molecule has 0 aromatic carbocycles. The largest absolute Gasteiger partial charge is 0.297 e. The lowest BCUT2D eigenvalue weighted by Gasteiger charge is -2.18. The summed E-state index contributed by atoms with van der Waals surface area (Å²) < 4.78 is 0. The maximum absolute atomic E-state index is 4.37. The van der Waals surface area contributed by atoms with E-state index in [4.69, 9.17) is 0 Å². The third kappa shape index (κ3) is 1.02. The molecule has 0 saturated heterocycles. The molecule has 2 nitrogen and oxygen atoms in total. The SMILES string of the molecule is CCC1C(C)=NN(C)C1C. The van der Waals surface area contributed by atoms with E-state index in [0.717, 1.165) is 0 Å². The van der Waals surface area contributed by atoms with Crippen LogP contribution < -0.4 is 0 Å². The summed E-state index contributed by atoms with van der Waals surface area (Å²) in [5, 5.41) is 6.43. The second-order valence-electron chi connectivity index (χ2n) is 3.07. The van der Waals surface area contributed by atoms with E-state index < -0.39 is 0 Å². The Morgan fingerprint density at radius 3 is 2.40 bits per heavy atom. The Hall–Kier alpha value is -0.530. The van der Waals surface area contributed by atoms with Crippen molar-refractivity contribution in [2.24, 2.45) is 11.0 Å². The minimum absolute atomic E-state index is 0.602. The highest BCUT2D eigenvalue weighted by molar-refractivity contribution is 5.86. The van der Waals surface area contributed by atoms with Gasteiger partial charge in [-0.05, 0) is 20.3 Å². The van der Waals surface area contributed by atoms with Gasteiger partial charge in [-0.2, -0.15) is 5.10 Å². The molecule has 2 heteroatoms. The molecule has 10 heavy (non-hydrogen) atoms. The lowest BCUT2D eigenvalue weighted by atomic mass is 9.95. The second-order valence-corrected chi connectivity index (χ2v) is 3.07. The molecule has 0 amide bonds. The van der Waals surface area contributed by atoms with E-state index in [1.165, 1.54) is 12.1 Å². The van der Waals surface area contributed by atoms with Crippen molar-refractivity contribution in [3.8, 4) is 0 Å². The fourth-order valence-electron chi connectivity index (χ4n) is 1.66. The standard InChI is InChI=1S/C8H16N2/c1-5-8-6(2)9-10(4)7(8)3/h7-8H,5H2,1-4H3. The zero-order valence-electron chi connectivity index (χ0n) is 7.26. The maximum atomic E-state index is 4.37. The van der Waals surface area contributed by atoms with E-state index in [1.807, 2.05) is 7.05 Å². The Bertz CT molecular complexity index is 151. The summed E-state index contributed by atoms with van der Waals surface area (Å²) >= 11 is 0. The molecule has 1 aliphatic heterocycles. The number of nitrogens with zero attached hydrogens (tertiary/aromatic N) is 2. The minimum atomic E-state index is 0.602. The van der Waals surface area contributed by atoms with Gasteiger partial charge < -0.3 is 0 Å². The summed E-state index contributed by atoms with van der Waals surface area (Å²) in [7, 11) is 2.05. The molecule has 1 rings (SSSR count). The van der Waals surface area contributed by atoms with Crippen molar-refractivity contribution in [1.29, 1.82) is 0 Å². The number of hydrogen-bond donors (Lipinski definition) is 0. The van der Waals surface area contributed by atoms with Gasteiger partial charge in [-0.3, -0.25) is 5.01 Å². The molecule has 1 heterocycles. The first-order valence-corrected chi connectivity index (χ1v) is 3.94. The van der Waals surface area contributed by atoms with Gasteiger partial charge in [0.25, 0.3) is 0 Å². The highest BCUT2D eigenvalue weighted by atomic mass is 15.5. The molecule has 0 saturated carbocycles. The van der Waals surface area contributed by atoms with Crippen molar-refractivity contribution in [3.63, 3.8) is 0 Å². The predicted octanol–water partition coefficient (Wildman–Crippen LogP) is 1.72. The van der Waals surface area contributed by atoms with Crippen molar-refractivity contribution in [2.45, 2.75) is 33.2 Å². The van der Waals surface area contributed by atoms with Crippen LogP contribution in [0, 0.1) is 5.92 Å². The Labute approximate surface area is 62.9 Å². The van der Waals surface area contributed by atoms with Crippen molar-refractivity contribution in [3.05, 3.63) is 0 Å². The average Bonchev–Trinajstić information content (AvgIpc) is 2.09. The van der Waals surface area contributed by atoms with E-state index in [9.17, 15) is 0 Å². The van der Waals surface area contributed by atoms with Gasteiger partial charge in [0.2, 0.25) is 0 Å². The van der Waals surface area contributed by atoms with Crippen molar-refractivity contribution >= 4 is 5.71 Å². The first-order valence-electron chi connectivity index (χ1n) is 3.94. The highest BCUT2D eigenvalue weighted by Crippen LogP contribution is 2.22. The van der Waals surface area contributed by atoms with Crippen molar-refractivity contribution < 1.29 is 0 Å². The van der Waals surface area contributed by atoms with Gasteiger partial charge in [-0.15, -0.1) is 0 Å². The van der Waals surface area contributed by atoms with Crippen LogP contribution in [0.1, 0.15) is 27.2 Å². The number of rotatable bonds is 1. The summed E-state index contributed by atoms with van der Waals surface area (Å²) in [5.41, 5.74) is 1.29. The molecular formula is C8H16N2. The topological polar surface area (TPSA) is 15.6 Å². The Kier molecular flexibility index (Phi) is 1.97. The van der Waals surface area contributed by atoms with Crippen LogP contribution >= 0.6 is 0 Å². The van der Waals surface area contributed by atoms with Gasteiger partial charge in [0.1, 0.15) is 0 Å². The first kappa shape index (κ1) is 7.58. The van der Waals surface area contributed by atoms with Crippen LogP contribution in [0.2, 0.25) is 0 Å². The second kappa shape index (κ2) is 2.60. The fraction of sp³-hybridized carbons (Fsp3) is 0.875. The fourth-order valence-corrected chi connectivity index (χ4v) is 1.66. The third-order valence-electron chi connectivity index (χ3n) is 2.46. The molecule has 0 radical (unpaired) electrons. The smallest absolute Gasteiger partial charge is 0.0520 e. The lowest BCUT2D eigenvalue weighted by molar-refractivity contribution is 0.262. The van der Waals surface area contributed by atoms with Crippen LogP contribution in [0.4, 0.5) is 0 Å². The molecule has 0 aliphatic carbocycles. The van der Waals surface area contributed by atoms with E-state index in [0.29, 0.717) is 12.0 Å². The van der Waals surface area contributed by atoms with Crippen molar-refractivity contribution in [2.75, 3.05) is 7.05 Å². The molecule has 2 atom stereocenters. The van der Waals surface area contributed by atoms with Crippen LogP contribution in [-0.4, -0.2) is 23.8 Å². The molecule has 0 spiro atoms. The monoisotopic (exact) mass is 140 g/mol. The minimum Gasteiger partial charge on any atom is -0.297 e. The van der Waals surface area contributed by atoms with E-state index in [-0.39, 0.29) is 0 Å². The normalized spacial score (nSPS) is 32.8. The molecule has 0 N–H and O–H groups in total. The summed E-state index contributed by atoms with van der Waals surface area (Å²) in [6.45, 7) is 6.57. The Morgan fingerprint density at radius 2 is 2.20 bits per heavy atom. The molecule has 0 aromatic rings. The maximum Gasteiger partial charge on any atom is 0.0520 e. The Morgan fingerprint density at radius 1 is 1.60 bits per heavy atom. The molecule has 0 aromatic heterocycles. The van der Waals surface area contributed by atoms with E-state index >= 15 is 0 Å². The predicted molar refractivity (Wildman–Crippen MR) is 44.1 cm³/mol. The molecular weight excluding hydrogens is 124 g/mol. The van der Waals surface area contributed by atoms with Gasteiger partial charge in [-0.25, -0.2) is 0 Å². The zero-order chi connectivity index (χ0) is 7.72. The summed E-state index contributed by atoms with van der Waals surface area (Å²) in [4.78, 5) is 0. The third-order valence-corrected chi connectivity index (χ3v) is 2.46. The average molecular weight is 140 g/mol. The van der Waals surface area contributed by atoms with Crippen LogP contribution in [0.15, 0.2) is 5.10 Å². The molecule has 0 fully saturated rings. The zero-order valence-corrected chi connectivity index (χ0v) is 7.26. The molecule has 58 valence electrons. The summed E-state index contributed by atoms with van der Waals surface area (Å²) in [6, 6.07) is 0.602. The van der Waals surface area contributed by atoms with Crippen LogP contribution in [-0.2, 0) is 0 Å². The van der Waals surface area contributed by atoms with Gasteiger partial charge in [0.15, 0.2) is 0 Å². The quantitative estimate of drug-likeness (QED) is 0.541. The van der Waals surface area contributed by atoms with Crippen molar-refractivity contribution in [1.82, 2.24) is 5.01 Å². The van der Waals surface area contributed by atoms with Crippen LogP contribution in [0.5, 0.6) is 0 Å². The van der Waals surface area contributed by atoms with Gasteiger partial charge in [0, 0.05) is 18.7 Å². The Balaban J connectivity index is 2.68. The molecule has 2 unspecified atom stereocenters.